The maximum atomic E-state index is 12.3. The van der Waals surface area contributed by atoms with Gasteiger partial charge in [0.2, 0.25) is 0 Å². The molecule has 2 rings (SSSR count). The summed E-state index contributed by atoms with van der Waals surface area (Å²) >= 11 is 0. The van der Waals surface area contributed by atoms with E-state index in [0.29, 0.717) is 11.4 Å². The molecule has 2 aromatic rings. The van der Waals surface area contributed by atoms with E-state index < -0.39 is 11.8 Å². The van der Waals surface area contributed by atoms with Gasteiger partial charge in [0.1, 0.15) is 0 Å². The van der Waals surface area contributed by atoms with Gasteiger partial charge >= 0.3 is 11.8 Å². The fourth-order valence-electron chi connectivity index (χ4n) is 2.96. The van der Waals surface area contributed by atoms with Crippen molar-refractivity contribution in [2.24, 2.45) is 0 Å². The number of carbonyl (C=O) groups excluding carboxylic acids is 2. The van der Waals surface area contributed by atoms with E-state index in [1.165, 1.54) is 0 Å². The molecule has 0 bridgehead atoms. The van der Waals surface area contributed by atoms with E-state index in [4.69, 9.17) is 0 Å². The number of amides is 2. The second-order valence-electron chi connectivity index (χ2n) is 7.42. The van der Waals surface area contributed by atoms with E-state index in [2.05, 4.69) is 50.2 Å². The van der Waals surface area contributed by atoms with Crippen molar-refractivity contribution >= 4 is 28.9 Å². The maximum absolute atomic E-state index is 12.3. The molecular formula is C22H29N3O2. The number of nitrogens with zero attached hydrogens (tertiary/aromatic N) is 1. The first-order valence-corrected chi connectivity index (χ1v) is 9.33. The van der Waals surface area contributed by atoms with Crippen LogP contribution in [0.2, 0.25) is 0 Å². The number of para-hydroxylation sites is 1. The van der Waals surface area contributed by atoms with E-state index in [9.17, 15) is 9.59 Å². The lowest BCUT2D eigenvalue weighted by atomic mass is 9.86. The Balaban J connectivity index is 2.06. The van der Waals surface area contributed by atoms with E-state index >= 15 is 0 Å². The van der Waals surface area contributed by atoms with Gasteiger partial charge in [0.25, 0.3) is 0 Å². The molecule has 27 heavy (non-hydrogen) atoms. The molecule has 0 aliphatic rings. The Kier molecular flexibility index (Phi) is 6.61. The Morgan fingerprint density at radius 2 is 1.41 bits per heavy atom. The highest BCUT2D eigenvalue weighted by atomic mass is 16.2. The Labute approximate surface area is 161 Å². The second-order valence-corrected chi connectivity index (χ2v) is 7.42. The predicted octanol–water partition coefficient (Wildman–Crippen LogP) is 4.41. The van der Waals surface area contributed by atoms with Crippen LogP contribution in [0.1, 0.15) is 40.2 Å². The van der Waals surface area contributed by atoms with Crippen molar-refractivity contribution in [2.75, 3.05) is 28.6 Å². The van der Waals surface area contributed by atoms with Crippen LogP contribution < -0.4 is 15.5 Å². The fraction of sp³-hybridized carbons (Fsp3) is 0.364. The molecule has 2 aromatic carbocycles. The first-order valence-electron chi connectivity index (χ1n) is 9.33. The van der Waals surface area contributed by atoms with Crippen molar-refractivity contribution in [3.05, 3.63) is 54.1 Å². The van der Waals surface area contributed by atoms with Gasteiger partial charge in [0, 0.05) is 30.2 Å². The third-order valence-electron chi connectivity index (χ3n) is 4.44. The summed E-state index contributed by atoms with van der Waals surface area (Å²) in [4.78, 5) is 26.8. The fourth-order valence-corrected chi connectivity index (χ4v) is 2.96. The Morgan fingerprint density at radius 3 is 1.96 bits per heavy atom. The topological polar surface area (TPSA) is 61.4 Å². The average Bonchev–Trinajstić information content (AvgIpc) is 2.63. The number of benzene rings is 2. The molecule has 144 valence electrons. The van der Waals surface area contributed by atoms with Crippen molar-refractivity contribution in [2.45, 2.75) is 40.0 Å². The first kappa shape index (κ1) is 20.5. The lowest BCUT2D eigenvalue weighted by molar-refractivity contribution is -0.133. The molecule has 0 fully saturated rings. The summed E-state index contributed by atoms with van der Waals surface area (Å²) < 4.78 is 0. The molecule has 5 nitrogen and oxygen atoms in total. The summed E-state index contributed by atoms with van der Waals surface area (Å²) in [5.41, 5.74) is 3.18. The Hall–Kier alpha value is -2.82. The van der Waals surface area contributed by atoms with Crippen molar-refractivity contribution in [3.63, 3.8) is 0 Å². The summed E-state index contributed by atoms with van der Waals surface area (Å²) in [7, 11) is 0. The third-order valence-corrected chi connectivity index (χ3v) is 4.44. The van der Waals surface area contributed by atoms with Crippen molar-refractivity contribution < 1.29 is 9.59 Å². The number of hydrogen-bond acceptors (Lipinski definition) is 3. The molecule has 0 saturated carbocycles. The van der Waals surface area contributed by atoms with Gasteiger partial charge in [-0.3, -0.25) is 9.59 Å². The zero-order valence-electron chi connectivity index (χ0n) is 16.8. The summed E-state index contributed by atoms with van der Waals surface area (Å²) in [6.07, 6.45) is 0. The lowest BCUT2D eigenvalue weighted by Gasteiger charge is -2.23. The molecule has 0 spiro atoms. The molecule has 2 amide bonds. The highest BCUT2D eigenvalue weighted by molar-refractivity contribution is 6.43. The summed E-state index contributed by atoms with van der Waals surface area (Å²) in [5, 5.41) is 5.38. The van der Waals surface area contributed by atoms with Gasteiger partial charge < -0.3 is 15.5 Å². The van der Waals surface area contributed by atoms with Crippen LogP contribution in [-0.2, 0) is 15.0 Å². The normalized spacial score (nSPS) is 11.0. The monoisotopic (exact) mass is 367 g/mol. The SMILES string of the molecule is CCN(CC)c1ccc(NC(=O)C(=O)Nc2ccccc2C(C)(C)C)cc1. The molecule has 0 aliphatic heterocycles. The lowest BCUT2D eigenvalue weighted by Crippen LogP contribution is -2.30. The van der Waals surface area contributed by atoms with E-state index in [1.807, 2.05) is 48.5 Å². The van der Waals surface area contributed by atoms with E-state index in [-0.39, 0.29) is 5.41 Å². The number of carbonyl (C=O) groups is 2. The molecule has 0 atom stereocenters. The van der Waals surface area contributed by atoms with Gasteiger partial charge in [-0.1, -0.05) is 39.0 Å². The van der Waals surface area contributed by atoms with Crippen LogP contribution in [0, 0.1) is 0 Å². The number of hydrogen-bond donors (Lipinski definition) is 2. The van der Waals surface area contributed by atoms with Crippen LogP contribution in [0.4, 0.5) is 17.1 Å². The largest absolute Gasteiger partial charge is 0.372 e. The second kappa shape index (κ2) is 8.71. The zero-order valence-corrected chi connectivity index (χ0v) is 16.8. The van der Waals surface area contributed by atoms with Gasteiger partial charge in [-0.25, -0.2) is 0 Å². The van der Waals surface area contributed by atoms with E-state index in [1.54, 1.807) is 0 Å². The number of anilines is 3. The quantitative estimate of drug-likeness (QED) is 0.770. The third kappa shape index (κ3) is 5.33. The van der Waals surface area contributed by atoms with Gasteiger partial charge in [-0.15, -0.1) is 0 Å². The molecule has 0 radical (unpaired) electrons. The van der Waals surface area contributed by atoms with Crippen molar-refractivity contribution in [1.29, 1.82) is 0 Å². The van der Waals surface area contributed by atoms with Gasteiger partial charge in [0.15, 0.2) is 0 Å². The smallest absolute Gasteiger partial charge is 0.314 e. The molecule has 0 aromatic heterocycles. The van der Waals surface area contributed by atoms with Crippen molar-refractivity contribution in [3.8, 4) is 0 Å². The summed E-state index contributed by atoms with van der Waals surface area (Å²) in [5.74, 6) is -1.37. The first-order chi connectivity index (χ1) is 12.8. The van der Waals surface area contributed by atoms with Gasteiger partial charge in [0.05, 0.1) is 0 Å². The number of nitrogens with one attached hydrogen (secondary N) is 2. The zero-order chi connectivity index (χ0) is 20.0. The van der Waals surface area contributed by atoms with Crippen molar-refractivity contribution in [1.82, 2.24) is 0 Å². The summed E-state index contributed by atoms with van der Waals surface area (Å²) in [6.45, 7) is 12.2. The minimum absolute atomic E-state index is 0.138. The molecule has 0 unspecified atom stereocenters. The predicted molar refractivity (Wildman–Crippen MR) is 112 cm³/mol. The maximum Gasteiger partial charge on any atom is 0.314 e. The molecule has 2 N–H and O–H groups in total. The molecular weight excluding hydrogens is 338 g/mol. The number of rotatable bonds is 5. The molecule has 0 saturated heterocycles. The standard InChI is InChI=1S/C22H29N3O2/c1-6-25(7-2)17-14-12-16(13-15-17)23-20(26)21(27)24-19-11-9-8-10-18(19)22(3,4)5/h8-15H,6-7H2,1-5H3,(H,23,26)(H,24,27). The van der Waals surface area contributed by atoms with Crippen LogP contribution >= 0.6 is 0 Å². The molecule has 5 heteroatoms. The summed E-state index contributed by atoms with van der Waals surface area (Å²) in [6, 6.07) is 15.0. The van der Waals surface area contributed by atoms with Crippen LogP contribution in [0.15, 0.2) is 48.5 Å². The van der Waals surface area contributed by atoms with Crippen LogP contribution in [-0.4, -0.2) is 24.9 Å². The average molecular weight is 367 g/mol. The van der Waals surface area contributed by atoms with E-state index in [0.717, 1.165) is 24.3 Å². The molecule has 0 heterocycles. The molecule has 0 aliphatic carbocycles. The minimum atomic E-state index is -0.686. The minimum Gasteiger partial charge on any atom is -0.372 e. The highest BCUT2D eigenvalue weighted by Gasteiger charge is 2.21. The van der Waals surface area contributed by atoms with Crippen LogP contribution in [0.25, 0.3) is 0 Å². The van der Waals surface area contributed by atoms with Crippen LogP contribution in [0.3, 0.4) is 0 Å². The van der Waals surface area contributed by atoms with Gasteiger partial charge in [-0.05, 0) is 55.2 Å². The highest BCUT2D eigenvalue weighted by Crippen LogP contribution is 2.29. The van der Waals surface area contributed by atoms with Crippen LogP contribution in [0.5, 0.6) is 0 Å². The Bertz CT molecular complexity index is 788. The Morgan fingerprint density at radius 1 is 0.852 bits per heavy atom. The van der Waals surface area contributed by atoms with Gasteiger partial charge in [-0.2, -0.15) is 0 Å².